The third-order valence-electron chi connectivity index (χ3n) is 4.99. The number of Topliss-reactive ketones (excluding diaryl/α,β-unsaturated/α-hetero) is 1. The number of halogens is 1. The highest BCUT2D eigenvalue weighted by molar-refractivity contribution is 7.10. The van der Waals surface area contributed by atoms with Crippen LogP contribution < -0.4 is 9.47 Å². The zero-order chi connectivity index (χ0) is 22.1. The van der Waals surface area contributed by atoms with Crippen molar-refractivity contribution >= 4 is 51.7 Å². The van der Waals surface area contributed by atoms with Crippen LogP contribution in [0.2, 0.25) is 5.02 Å². The molecule has 6 nitrogen and oxygen atoms in total. The number of hydrogen-bond donors (Lipinski definition) is 1. The summed E-state index contributed by atoms with van der Waals surface area (Å²) in [6.45, 7) is 0.267. The van der Waals surface area contributed by atoms with Crippen molar-refractivity contribution in [3.8, 4) is 11.5 Å². The van der Waals surface area contributed by atoms with Gasteiger partial charge in [0.25, 0.3) is 11.7 Å². The van der Waals surface area contributed by atoms with Crippen LogP contribution in [0, 0.1) is 0 Å². The third kappa shape index (κ3) is 3.82. The zero-order valence-electron chi connectivity index (χ0n) is 16.6. The van der Waals surface area contributed by atoms with Crippen molar-refractivity contribution < 1.29 is 24.2 Å². The minimum absolute atomic E-state index is 0.00619. The molecular weight excluding hydrogens is 458 g/mol. The second-order valence-electron chi connectivity index (χ2n) is 6.71. The maximum absolute atomic E-state index is 13.1. The lowest BCUT2D eigenvalue weighted by Gasteiger charge is -2.23. The number of amides is 1. The summed E-state index contributed by atoms with van der Waals surface area (Å²) in [4.78, 5) is 29.3. The number of carbonyl (C=O) groups excluding carboxylic acids is 2. The van der Waals surface area contributed by atoms with Crippen LogP contribution in [0.1, 0.15) is 21.4 Å². The number of ketones is 1. The van der Waals surface area contributed by atoms with Gasteiger partial charge in [-0.25, -0.2) is 0 Å². The second kappa shape index (κ2) is 8.74. The molecule has 1 aliphatic heterocycles. The number of methoxy groups -OCH3 is 2. The van der Waals surface area contributed by atoms with Gasteiger partial charge < -0.3 is 19.5 Å². The van der Waals surface area contributed by atoms with Crippen LogP contribution in [0.3, 0.4) is 0 Å². The van der Waals surface area contributed by atoms with E-state index in [1.165, 1.54) is 53.9 Å². The molecule has 1 aromatic carbocycles. The number of hydrogen-bond acceptors (Lipinski definition) is 7. The van der Waals surface area contributed by atoms with Crippen LogP contribution in [0.4, 0.5) is 0 Å². The van der Waals surface area contributed by atoms with E-state index in [0.29, 0.717) is 10.8 Å². The standard InChI is InChI=1S/C22H18ClNO5S2/c1-28-15-10-14(23)16(29-2)9-13(15)20(25)18-19(17-6-4-8-31-17)24(22(27)21(18)26)11-12-5-3-7-30-12/h3-10,19,25H,11H2,1-2H3/b20-18+. The van der Waals surface area contributed by atoms with Gasteiger partial charge in [-0.2, -0.15) is 0 Å². The number of carbonyl (C=O) groups is 2. The highest BCUT2D eigenvalue weighted by Crippen LogP contribution is 2.44. The summed E-state index contributed by atoms with van der Waals surface area (Å²) in [5.74, 6) is -1.17. The van der Waals surface area contributed by atoms with Gasteiger partial charge >= 0.3 is 0 Å². The van der Waals surface area contributed by atoms with Gasteiger partial charge in [-0.15, -0.1) is 22.7 Å². The van der Waals surface area contributed by atoms with E-state index in [-0.39, 0.29) is 29.2 Å². The lowest BCUT2D eigenvalue weighted by Crippen LogP contribution is -2.28. The fourth-order valence-corrected chi connectivity index (χ4v) is 5.33. The molecule has 0 spiro atoms. The smallest absolute Gasteiger partial charge is 0.296 e. The predicted octanol–water partition coefficient (Wildman–Crippen LogP) is 5.10. The summed E-state index contributed by atoms with van der Waals surface area (Å²) in [6, 6.07) is 9.76. The Morgan fingerprint density at radius 2 is 1.81 bits per heavy atom. The minimum atomic E-state index is -0.747. The lowest BCUT2D eigenvalue weighted by molar-refractivity contribution is -0.140. The van der Waals surface area contributed by atoms with E-state index in [0.717, 1.165) is 9.75 Å². The third-order valence-corrected chi connectivity index (χ3v) is 7.07. The summed E-state index contributed by atoms with van der Waals surface area (Å²) in [5.41, 5.74) is 0.228. The van der Waals surface area contributed by atoms with Gasteiger partial charge in [0.05, 0.1) is 36.9 Å². The van der Waals surface area contributed by atoms with Crippen molar-refractivity contribution in [2.75, 3.05) is 14.2 Å². The van der Waals surface area contributed by atoms with Crippen molar-refractivity contribution in [1.82, 2.24) is 4.90 Å². The Bertz CT molecular complexity index is 1160. The SMILES string of the molecule is COc1cc(/C(O)=C2\C(=O)C(=O)N(Cc3cccs3)C2c2cccs2)c(OC)cc1Cl. The molecule has 9 heteroatoms. The highest BCUT2D eigenvalue weighted by atomic mass is 35.5. The van der Waals surface area contributed by atoms with Gasteiger partial charge in [0.1, 0.15) is 23.3 Å². The van der Waals surface area contributed by atoms with E-state index in [4.69, 9.17) is 21.1 Å². The average molecular weight is 476 g/mol. The second-order valence-corrected chi connectivity index (χ2v) is 9.13. The van der Waals surface area contributed by atoms with Crippen LogP contribution in [0.5, 0.6) is 11.5 Å². The quantitative estimate of drug-likeness (QED) is 0.305. The number of benzene rings is 1. The maximum atomic E-state index is 13.1. The van der Waals surface area contributed by atoms with Crippen molar-refractivity contribution in [1.29, 1.82) is 0 Å². The molecular formula is C22H18ClNO5S2. The van der Waals surface area contributed by atoms with Gasteiger partial charge in [-0.05, 0) is 29.0 Å². The average Bonchev–Trinajstić information content (AvgIpc) is 3.52. The first-order chi connectivity index (χ1) is 15.0. The number of rotatable bonds is 6. The minimum Gasteiger partial charge on any atom is -0.507 e. The molecule has 4 rings (SSSR count). The van der Waals surface area contributed by atoms with Gasteiger partial charge in [-0.3, -0.25) is 9.59 Å². The molecule has 0 bridgehead atoms. The number of likely N-dealkylation sites (tertiary alicyclic amines) is 1. The van der Waals surface area contributed by atoms with Gasteiger partial charge in [-0.1, -0.05) is 23.7 Å². The van der Waals surface area contributed by atoms with Crippen molar-refractivity contribution in [2.24, 2.45) is 0 Å². The topological polar surface area (TPSA) is 76.1 Å². The number of aliphatic hydroxyl groups excluding tert-OH is 1. The van der Waals surface area contributed by atoms with Crippen LogP contribution in [-0.4, -0.2) is 35.9 Å². The van der Waals surface area contributed by atoms with Crippen molar-refractivity contribution in [3.05, 3.63) is 73.1 Å². The number of thiophene rings is 2. The Morgan fingerprint density at radius 1 is 1.10 bits per heavy atom. The fourth-order valence-electron chi connectivity index (χ4n) is 3.55. The molecule has 2 aromatic heterocycles. The first-order valence-electron chi connectivity index (χ1n) is 9.22. The van der Waals surface area contributed by atoms with Crippen LogP contribution >= 0.6 is 34.3 Å². The Labute approximate surface area is 191 Å². The predicted molar refractivity (Wildman–Crippen MR) is 121 cm³/mol. The summed E-state index contributed by atoms with van der Waals surface area (Å²) >= 11 is 9.09. The highest BCUT2D eigenvalue weighted by Gasteiger charge is 2.47. The van der Waals surface area contributed by atoms with E-state index < -0.39 is 17.7 Å². The summed E-state index contributed by atoms with van der Waals surface area (Å²) < 4.78 is 10.6. The number of ether oxygens (including phenoxy) is 2. The monoisotopic (exact) mass is 475 g/mol. The van der Waals surface area contributed by atoms with Gasteiger partial charge in [0, 0.05) is 15.8 Å². The van der Waals surface area contributed by atoms with Crippen molar-refractivity contribution in [3.63, 3.8) is 0 Å². The molecule has 1 fully saturated rings. The van der Waals surface area contributed by atoms with E-state index in [1.54, 1.807) is 0 Å². The van der Waals surface area contributed by atoms with Crippen LogP contribution in [0.15, 0.2) is 52.7 Å². The van der Waals surface area contributed by atoms with E-state index in [1.807, 2.05) is 35.0 Å². The number of aliphatic hydroxyl groups is 1. The molecule has 1 aliphatic rings. The fraction of sp³-hybridized carbons (Fsp3) is 0.182. The molecule has 0 aliphatic carbocycles. The summed E-state index contributed by atoms with van der Waals surface area (Å²) in [6.07, 6.45) is 0. The van der Waals surface area contributed by atoms with Gasteiger partial charge in [0.15, 0.2) is 0 Å². The van der Waals surface area contributed by atoms with E-state index in [9.17, 15) is 14.7 Å². The van der Waals surface area contributed by atoms with Crippen LogP contribution in [-0.2, 0) is 16.1 Å². The van der Waals surface area contributed by atoms with E-state index >= 15 is 0 Å². The summed E-state index contributed by atoms with van der Waals surface area (Å²) in [7, 11) is 2.88. The summed E-state index contributed by atoms with van der Waals surface area (Å²) in [5, 5.41) is 15.3. The Kier molecular flexibility index (Phi) is 6.04. The van der Waals surface area contributed by atoms with E-state index in [2.05, 4.69) is 0 Å². The largest absolute Gasteiger partial charge is 0.507 e. The molecule has 31 heavy (non-hydrogen) atoms. The zero-order valence-corrected chi connectivity index (χ0v) is 19.0. The molecule has 1 unspecified atom stereocenters. The van der Waals surface area contributed by atoms with Crippen molar-refractivity contribution in [2.45, 2.75) is 12.6 Å². The molecule has 0 saturated carbocycles. The first kappa shape index (κ1) is 21.4. The normalized spacial score (nSPS) is 17.9. The lowest BCUT2D eigenvalue weighted by atomic mass is 9.99. The first-order valence-corrected chi connectivity index (χ1v) is 11.4. The molecule has 1 N–H and O–H groups in total. The van der Waals surface area contributed by atoms with Crippen LogP contribution in [0.25, 0.3) is 5.76 Å². The maximum Gasteiger partial charge on any atom is 0.296 e. The molecule has 1 atom stereocenters. The molecule has 0 radical (unpaired) electrons. The molecule has 1 saturated heterocycles. The molecule has 3 heterocycles. The van der Waals surface area contributed by atoms with Gasteiger partial charge in [0.2, 0.25) is 0 Å². The molecule has 3 aromatic rings. The number of nitrogens with zero attached hydrogens (tertiary/aromatic N) is 1. The Hall–Kier alpha value is -2.81. The Morgan fingerprint density at radius 3 is 2.42 bits per heavy atom. The molecule has 160 valence electrons. The Balaban J connectivity index is 1.90. The molecule has 1 amide bonds.